The molecule has 1 N–H and O–H groups in total. The summed E-state index contributed by atoms with van der Waals surface area (Å²) in [4.78, 5) is -0.411. The number of benzene rings is 5. The van der Waals surface area contributed by atoms with Crippen LogP contribution in [0.3, 0.4) is 0 Å². The Morgan fingerprint density at radius 1 is 0.641 bits per heavy atom. The van der Waals surface area contributed by atoms with E-state index in [0.29, 0.717) is 5.56 Å². The molecule has 198 valence electrons. The first-order valence-electron chi connectivity index (χ1n) is 12.6. The van der Waals surface area contributed by atoms with E-state index in [4.69, 9.17) is 5.11 Å². The minimum Gasteiger partial charge on any atom is -0.744 e. The molecule has 0 radical (unpaired) electrons. The van der Waals surface area contributed by atoms with E-state index in [2.05, 4.69) is 121 Å². The maximum atomic E-state index is 10.4. The molecule has 0 saturated carbocycles. The van der Waals surface area contributed by atoms with Gasteiger partial charge in [-0.3, -0.25) is 0 Å². The van der Waals surface area contributed by atoms with Gasteiger partial charge in [-0.05, 0) is 66.6 Å². The molecule has 0 heterocycles. The van der Waals surface area contributed by atoms with Crippen LogP contribution in [0.25, 0.3) is 0 Å². The van der Waals surface area contributed by atoms with E-state index in [9.17, 15) is 13.0 Å². The van der Waals surface area contributed by atoms with Crippen LogP contribution in [0.5, 0.6) is 5.75 Å². The van der Waals surface area contributed by atoms with E-state index in [0.717, 1.165) is 24.7 Å². The summed E-state index contributed by atoms with van der Waals surface area (Å²) in [6, 6.07) is 47.7. The molecular weight excluding hydrogens is 523 g/mol. The van der Waals surface area contributed by atoms with Gasteiger partial charge in [0.1, 0.15) is 39.0 Å². The zero-order chi connectivity index (χ0) is 27.7. The van der Waals surface area contributed by atoms with Gasteiger partial charge in [0, 0.05) is 6.42 Å². The second-order valence-corrected chi connectivity index (χ2v) is 14.2. The summed E-state index contributed by atoms with van der Waals surface area (Å²) in [5.74, 6) is -0.188. The van der Waals surface area contributed by atoms with E-state index in [-0.39, 0.29) is 5.75 Å². The molecule has 0 aliphatic carbocycles. The third-order valence-electron chi connectivity index (χ3n) is 6.64. The standard InChI is InChI=1S/C26H24P.C7H8O4S/c1-5-13-23(14-6-1)21-22-27(24-15-7-2-8-16-24,25-17-9-3-10-18-25)26-19-11-4-12-20-26;1-5-2-3-6(4-7(5)8)12(9,10)11/h1-20H,21-22H2;2-4,8H,1H3,(H,9,10,11)/q+1;/p-1. The predicted molar refractivity (Wildman–Crippen MR) is 161 cm³/mol. The number of aromatic hydroxyl groups is 1. The van der Waals surface area contributed by atoms with Gasteiger partial charge in [0.15, 0.2) is 0 Å². The Morgan fingerprint density at radius 3 is 1.44 bits per heavy atom. The molecule has 0 aliphatic heterocycles. The summed E-state index contributed by atoms with van der Waals surface area (Å²) in [6.45, 7) is 1.61. The highest BCUT2D eigenvalue weighted by atomic mass is 32.2. The van der Waals surface area contributed by atoms with Gasteiger partial charge in [-0.1, -0.05) is 91.0 Å². The predicted octanol–water partition coefficient (Wildman–Crippen LogP) is 5.83. The third kappa shape index (κ3) is 7.01. The van der Waals surface area contributed by atoms with Crippen molar-refractivity contribution in [3.63, 3.8) is 0 Å². The van der Waals surface area contributed by atoms with Crippen LogP contribution in [-0.4, -0.2) is 24.2 Å². The Labute approximate surface area is 231 Å². The van der Waals surface area contributed by atoms with Crippen molar-refractivity contribution in [1.29, 1.82) is 0 Å². The number of phenolic OH excluding ortho intramolecular Hbond substituents is 1. The van der Waals surface area contributed by atoms with E-state index in [1.54, 1.807) is 6.92 Å². The van der Waals surface area contributed by atoms with Crippen molar-refractivity contribution in [2.75, 3.05) is 6.16 Å². The fourth-order valence-electron chi connectivity index (χ4n) is 4.57. The Morgan fingerprint density at radius 2 is 1.05 bits per heavy atom. The average molecular weight is 555 g/mol. The minimum absolute atomic E-state index is 0.188. The highest BCUT2D eigenvalue weighted by Gasteiger charge is 2.44. The Kier molecular flexibility index (Phi) is 9.32. The molecule has 5 rings (SSSR count). The van der Waals surface area contributed by atoms with Gasteiger partial charge in [-0.15, -0.1) is 0 Å². The first kappa shape index (κ1) is 28.3. The SMILES string of the molecule is Cc1ccc(S(=O)(=O)[O-])cc1O.c1ccc(CC[P+](c2ccccc2)(c2ccccc2)c2ccccc2)cc1. The Hall–Kier alpha value is -3.76. The van der Waals surface area contributed by atoms with Crippen LogP contribution in [0.1, 0.15) is 11.1 Å². The second-order valence-electron chi connectivity index (χ2n) is 9.18. The number of hydrogen-bond donors (Lipinski definition) is 1. The average Bonchev–Trinajstić information content (AvgIpc) is 2.97. The Balaban J connectivity index is 0.000000247. The summed E-state index contributed by atoms with van der Waals surface area (Å²) in [5, 5.41) is 13.4. The van der Waals surface area contributed by atoms with Crippen molar-refractivity contribution in [2.45, 2.75) is 18.2 Å². The van der Waals surface area contributed by atoms with Crippen molar-refractivity contribution in [3.05, 3.63) is 151 Å². The number of phenols is 1. The normalized spacial score (nSPS) is 11.3. The molecule has 0 atom stereocenters. The molecule has 0 bridgehead atoms. The Bertz CT molecular complexity index is 1480. The van der Waals surface area contributed by atoms with Crippen LogP contribution in [-0.2, 0) is 16.5 Å². The fraction of sp³-hybridized carbons (Fsp3) is 0.0909. The molecule has 0 aliphatic rings. The van der Waals surface area contributed by atoms with Gasteiger partial charge in [0.25, 0.3) is 0 Å². The van der Waals surface area contributed by atoms with Gasteiger partial charge in [0.05, 0.1) is 11.1 Å². The quantitative estimate of drug-likeness (QED) is 0.203. The molecule has 0 saturated heterocycles. The largest absolute Gasteiger partial charge is 0.744 e. The van der Waals surface area contributed by atoms with Crippen molar-refractivity contribution in [2.24, 2.45) is 0 Å². The third-order valence-corrected chi connectivity index (χ3v) is 11.9. The lowest BCUT2D eigenvalue weighted by Gasteiger charge is -2.27. The van der Waals surface area contributed by atoms with Crippen LogP contribution in [0, 0.1) is 6.92 Å². The molecule has 0 spiro atoms. The summed E-state index contributed by atoms with van der Waals surface area (Å²) in [7, 11) is -6.17. The molecule has 5 aromatic rings. The van der Waals surface area contributed by atoms with Crippen LogP contribution in [0.4, 0.5) is 0 Å². The van der Waals surface area contributed by atoms with Gasteiger partial charge >= 0.3 is 0 Å². The summed E-state index contributed by atoms with van der Waals surface area (Å²) in [5.41, 5.74) is 1.94. The molecule has 39 heavy (non-hydrogen) atoms. The zero-order valence-corrected chi connectivity index (χ0v) is 23.4. The lowest BCUT2D eigenvalue weighted by atomic mass is 10.2. The van der Waals surface area contributed by atoms with Crippen molar-refractivity contribution < 1.29 is 18.1 Å². The van der Waals surface area contributed by atoms with E-state index in [1.807, 2.05) is 0 Å². The van der Waals surface area contributed by atoms with Crippen LogP contribution < -0.4 is 15.9 Å². The maximum Gasteiger partial charge on any atom is 0.124 e. The van der Waals surface area contributed by atoms with E-state index >= 15 is 0 Å². The minimum atomic E-state index is -4.45. The molecule has 0 aromatic heterocycles. The summed E-state index contributed by atoms with van der Waals surface area (Å²) < 4.78 is 31.3. The maximum absolute atomic E-state index is 10.4. The first-order valence-corrected chi connectivity index (χ1v) is 16.0. The molecule has 5 aromatic carbocycles. The van der Waals surface area contributed by atoms with E-state index in [1.165, 1.54) is 27.5 Å². The van der Waals surface area contributed by atoms with Crippen LogP contribution in [0.2, 0.25) is 0 Å². The molecule has 6 heteroatoms. The lowest BCUT2D eigenvalue weighted by molar-refractivity contribution is 0.454. The zero-order valence-electron chi connectivity index (χ0n) is 21.7. The number of hydrogen-bond acceptors (Lipinski definition) is 4. The topological polar surface area (TPSA) is 77.4 Å². The fourth-order valence-corrected chi connectivity index (χ4v) is 9.36. The second kappa shape index (κ2) is 12.9. The van der Waals surface area contributed by atoms with Crippen LogP contribution in [0.15, 0.2) is 144 Å². The summed E-state index contributed by atoms with van der Waals surface area (Å²) >= 11 is 0. The van der Waals surface area contributed by atoms with Gasteiger partial charge in [-0.25, -0.2) is 8.42 Å². The monoisotopic (exact) mass is 554 g/mol. The van der Waals surface area contributed by atoms with Crippen molar-refractivity contribution >= 4 is 33.3 Å². The van der Waals surface area contributed by atoms with Crippen LogP contribution >= 0.6 is 7.26 Å². The molecule has 0 amide bonds. The smallest absolute Gasteiger partial charge is 0.124 e. The highest BCUT2D eigenvalue weighted by molar-refractivity contribution is 7.95. The first-order chi connectivity index (χ1) is 18.8. The van der Waals surface area contributed by atoms with Gasteiger partial charge in [0.2, 0.25) is 0 Å². The number of rotatable bonds is 7. The lowest BCUT2D eigenvalue weighted by Crippen LogP contribution is -2.34. The molecule has 4 nitrogen and oxygen atoms in total. The van der Waals surface area contributed by atoms with Gasteiger partial charge in [-0.2, -0.15) is 0 Å². The highest BCUT2D eigenvalue weighted by Crippen LogP contribution is 2.55. The number of aryl methyl sites for hydroxylation is 2. The van der Waals surface area contributed by atoms with E-state index < -0.39 is 22.3 Å². The molecule has 0 fully saturated rings. The summed E-state index contributed by atoms with van der Waals surface area (Å²) in [6.07, 6.45) is 2.21. The van der Waals surface area contributed by atoms with Gasteiger partial charge < -0.3 is 9.66 Å². The molecular formula is C33H31O4PS. The van der Waals surface area contributed by atoms with Crippen molar-refractivity contribution in [3.8, 4) is 5.75 Å². The molecule has 0 unspecified atom stereocenters. The van der Waals surface area contributed by atoms with Crippen molar-refractivity contribution in [1.82, 2.24) is 0 Å².